The highest BCUT2D eigenvalue weighted by atomic mass is 16.3. The van der Waals surface area contributed by atoms with Gasteiger partial charge in [-0.15, -0.1) is 0 Å². The summed E-state index contributed by atoms with van der Waals surface area (Å²) in [5, 5.41) is 0. The van der Waals surface area contributed by atoms with E-state index in [0.717, 1.165) is 17.8 Å². The lowest BCUT2D eigenvalue weighted by molar-refractivity contribution is -0.144. The Hall–Kier alpha value is -2.50. The van der Waals surface area contributed by atoms with Gasteiger partial charge in [0, 0.05) is 43.0 Å². The SMILES string of the molecule is CC(C)N(CC(=O)N1CCn2cccc2[C@@H]1c1ccoc1)C(=O)CC(C)(C)C. The monoisotopic (exact) mass is 385 g/mol. The van der Waals surface area contributed by atoms with Crippen LogP contribution in [0.4, 0.5) is 0 Å². The van der Waals surface area contributed by atoms with Crippen molar-refractivity contribution in [2.24, 2.45) is 5.41 Å². The number of fused-ring (bicyclic) bond motifs is 1. The van der Waals surface area contributed by atoms with Crippen LogP contribution in [0.3, 0.4) is 0 Å². The summed E-state index contributed by atoms with van der Waals surface area (Å²) in [4.78, 5) is 29.7. The summed E-state index contributed by atoms with van der Waals surface area (Å²) in [5.74, 6) is -0.00861. The van der Waals surface area contributed by atoms with Crippen molar-refractivity contribution in [1.29, 1.82) is 0 Å². The van der Waals surface area contributed by atoms with E-state index in [9.17, 15) is 9.59 Å². The van der Waals surface area contributed by atoms with Gasteiger partial charge in [0.1, 0.15) is 12.6 Å². The molecule has 2 aromatic rings. The topological polar surface area (TPSA) is 58.7 Å². The van der Waals surface area contributed by atoms with E-state index in [2.05, 4.69) is 4.57 Å². The average Bonchev–Trinajstić information content (AvgIpc) is 3.27. The highest BCUT2D eigenvalue weighted by Crippen LogP contribution is 2.33. The number of carbonyl (C=O) groups excluding carboxylic acids is 2. The molecular formula is C22H31N3O3. The highest BCUT2D eigenvalue weighted by Gasteiger charge is 2.34. The van der Waals surface area contributed by atoms with Crippen LogP contribution in [-0.4, -0.2) is 45.3 Å². The molecule has 152 valence electrons. The molecule has 6 heteroatoms. The lowest BCUT2D eigenvalue weighted by Crippen LogP contribution is -2.49. The first-order valence-corrected chi connectivity index (χ1v) is 9.93. The maximum absolute atomic E-state index is 13.3. The zero-order chi connectivity index (χ0) is 20.5. The summed E-state index contributed by atoms with van der Waals surface area (Å²) in [5.41, 5.74) is 1.90. The first-order chi connectivity index (χ1) is 13.2. The van der Waals surface area contributed by atoms with Crippen molar-refractivity contribution in [1.82, 2.24) is 14.4 Å². The number of hydrogen-bond acceptors (Lipinski definition) is 3. The summed E-state index contributed by atoms with van der Waals surface area (Å²) in [6.07, 6.45) is 5.79. The molecule has 3 heterocycles. The van der Waals surface area contributed by atoms with E-state index >= 15 is 0 Å². The number of amides is 2. The van der Waals surface area contributed by atoms with Gasteiger partial charge in [0.05, 0.1) is 12.5 Å². The first-order valence-electron chi connectivity index (χ1n) is 9.93. The summed E-state index contributed by atoms with van der Waals surface area (Å²) in [6, 6.07) is 5.73. The molecule has 3 rings (SSSR count). The number of hydrogen-bond donors (Lipinski definition) is 0. The summed E-state index contributed by atoms with van der Waals surface area (Å²) < 4.78 is 7.46. The normalized spacial score (nSPS) is 16.9. The van der Waals surface area contributed by atoms with E-state index in [4.69, 9.17) is 4.42 Å². The Bertz CT molecular complexity index is 814. The number of furan rings is 1. The van der Waals surface area contributed by atoms with Crippen molar-refractivity contribution >= 4 is 11.8 Å². The van der Waals surface area contributed by atoms with Crippen LogP contribution < -0.4 is 0 Å². The summed E-state index contributed by atoms with van der Waals surface area (Å²) in [7, 11) is 0. The van der Waals surface area contributed by atoms with Crippen LogP contribution in [0.2, 0.25) is 0 Å². The van der Waals surface area contributed by atoms with Gasteiger partial charge >= 0.3 is 0 Å². The van der Waals surface area contributed by atoms with Crippen LogP contribution in [-0.2, 0) is 16.1 Å². The minimum atomic E-state index is -0.193. The fourth-order valence-electron chi connectivity index (χ4n) is 3.78. The van der Waals surface area contributed by atoms with Gasteiger partial charge < -0.3 is 18.8 Å². The highest BCUT2D eigenvalue weighted by molar-refractivity contribution is 5.86. The van der Waals surface area contributed by atoms with Crippen molar-refractivity contribution in [2.45, 2.75) is 59.7 Å². The fourth-order valence-corrected chi connectivity index (χ4v) is 3.78. The summed E-state index contributed by atoms with van der Waals surface area (Å²) in [6.45, 7) is 11.5. The predicted molar refractivity (Wildman–Crippen MR) is 108 cm³/mol. The van der Waals surface area contributed by atoms with Crippen molar-refractivity contribution in [3.8, 4) is 0 Å². The molecule has 6 nitrogen and oxygen atoms in total. The summed E-state index contributed by atoms with van der Waals surface area (Å²) >= 11 is 0. The van der Waals surface area contributed by atoms with Gasteiger partial charge in [-0.3, -0.25) is 9.59 Å². The van der Waals surface area contributed by atoms with Gasteiger partial charge in [-0.2, -0.15) is 0 Å². The van der Waals surface area contributed by atoms with Gasteiger partial charge in [-0.1, -0.05) is 20.8 Å². The van der Waals surface area contributed by atoms with Crippen molar-refractivity contribution in [2.75, 3.05) is 13.1 Å². The molecule has 0 aliphatic carbocycles. The third-order valence-corrected chi connectivity index (χ3v) is 5.15. The smallest absolute Gasteiger partial charge is 0.243 e. The molecule has 2 aromatic heterocycles. The Morgan fingerprint density at radius 1 is 1.25 bits per heavy atom. The Kier molecular flexibility index (Phi) is 5.68. The van der Waals surface area contributed by atoms with Gasteiger partial charge in [0.15, 0.2) is 0 Å². The zero-order valence-electron chi connectivity index (χ0n) is 17.5. The third kappa shape index (κ3) is 4.32. The third-order valence-electron chi connectivity index (χ3n) is 5.15. The number of carbonyl (C=O) groups is 2. The molecule has 0 unspecified atom stereocenters. The quantitative estimate of drug-likeness (QED) is 0.789. The van der Waals surface area contributed by atoms with Gasteiger partial charge in [-0.05, 0) is 37.5 Å². The number of aromatic nitrogens is 1. The largest absolute Gasteiger partial charge is 0.472 e. The van der Waals surface area contributed by atoms with Crippen LogP contribution in [0.15, 0.2) is 41.3 Å². The molecule has 0 spiro atoms. The van der Waals surface area contributed by atoms with Crippen LogP contribution >= 0.6 is 0 Å². The van der Waals surface area contributed by atoms with E-state index < -0.39 is 0 Å². The molecule has 0 radical (unpaired) electrons. The van der Waals surface area contributed by atoms with Gasteiger partial charge in [0.2, 0.25) is 11.8 Å². The maximum atomic E-state index is 13.3. The molecule has 0 saturated carbocycles. The molecule has 1 atom stereocenters. The van der Waals surface area contributed by atoms with Crippen molar-refractivity contribution in [3.63, 3.8) is 0 Å². The molecular weight excluding hydrogens is 354 g/mol. The zero-order valence-corrected chi connectivity index (χ0v) is 17.5. The van der Waals surface area contributed by atoms with E-state index in [0.29, 0.717) is 13.0 Å². The van der Waals surface area contributed by atoms with Crippen molar-refractivity contribution < 1.29 is 14.0 Å². The van der Waals surface area contributed by atoms with E-state index in [1.165, 1.54) is 0 Å². The molecule has 28 heavy (non-hydrogen) atoms. The molecule has 0 N–H and O–H groups in total. The molecule has 1 aliphatic rings. The Labute approximate surface area is 167 Å². The van der Waals surface area contributed by atoms with E-state index in [1.807, 2.05) is 63.9 Å². The number of rotatable bonds is 5. The van der Waals surface area contributed by atoms with Crippen LogP contribution in [0, 0.1) is 5.41 Å². The lowest BCUT2D eigenvalue weighted by atomic mass is 9.91. The predicted octanol–water partition coefficient (Wildman–Crippen LogP) is 3.69. The van der Waals surface area contributed by atoms with Crippen LogP contribution in [0.5, 0.6) is 0 Å². The first kappa shape index (κ1) is 20.2. The maximum Gasteiger partial charge on any atom is 0.243 e. The molecule has 2 amide bonds. The average molecular weight is 386 g/mol. The number of nitrogens with zero attached hydrogens (tertiary/aromatic N) is 3. The molecule has 0 bridgehead atoms. The standard InChI is InChI=1S/C22H31N3O3/c1-16(2)25(19(26)13-22(3,4)5)14-20(27)24-11-10-23-9-6-7-18(23)21(24)17-8-12-28-15-17/h6-9,12,15-16,21H,10-11,13-14H2,1-5H3/t21-/m0/s1. The lowest BCUT2D eigenvalue weighted by Gasteiger charge is -2.38. The molecule has 0 saturated heterocycles. The van der Waals surface area contributed by atoms with Crippen LogP contribution in [0.25, 0.3) is 0 Å². The van der Waals surface area contributed by atoms with E-state index in [1.54, 1.807) is 17.4 Å². The van der Waals surface area contributed by atoms with Crippen LogP contribution in [0.1, 0.15) is 58.3 Å². The van der Waals surface area contributed by atoms with Gasteiger partial charge in [0.25, 0.3) is 0 Å². The second-order valence-corrected chi connectivity index (χ2v) is 9.03. The molecule has 1 aliphatic heterocycles. The molecule has 0 aromatic carbocycles. The van der Waals surface area contributed by atoms with Gasteiger partial charge in [-0.25, -0.2) is 0 Å². The fraction of sp³-hybridized carbons (Fsp3) is 0.545. The Morgan fingerprint density at radius 2 is 2.00 bits per heavy atom. The van der Waals surface area contributed by atoms with Crippen molar-refractivity contribution in [3.05, 3.63) is 48.2 Å². The second kappa shape index (κ2) is 7.86. The van der Waals surface area contributed by atoms with E-state index in [-0.39, 0.29) is 35.9 Å². The Morgan fingerprint density at radius 3 is 2.61 bits per heavy atom. The minimum Gasteiger partial charge on any atom is -0.472 e. The minimum absolute atomic E-state index is 0.0242. The molecule has 0 fully saturated rings. The second-order valence-electron chi connectivity index (χ2n) is 9.03. The Balaban J connectivity index is 1.83.